The number of hydrogen-bond acceptors (Lipinski definition) is 3. The van der Waals surface area contributed by atoms with Crippen LogP contribution in [0.5, 0.6) is 0 Å². The molecule has 0 aliphatic carbocycles. The molecule has 0 fully saturated rings. The van der Waals surface area contributed by atoms with Crippen molar-refractivity contribution in [3.8, 4) is 28.5 Å². The third kappa shape index (κ3) is 5.36. The van der Waals surface area contributed by atoms with Crippen LogP contribution in [-0.4, -0.2) is 22.0 Å². The summed E-state index contributed by atoms with van der Waals surface area (Å²) in [5.41, 5.74) is 5.24. The fourth-order valence-corrected chi connectivity index (χ4v) is 4.28. The number of carbonyl (C=O) groups is 1. The first-order valence-corrected chi connectivity index (χ1v) is 12.3. The van der Waals surface area contributed by atoms with Crippen LogP contribution < -0.4 is 5.32 Å². The quantitative estimate of drug-likeness (QED) is 0.303. The summed E-state index contributed by atoms with van der Waals surface area (Å²) < 4.78 is 15.6. The van der Waals surface area contributed by atoms with E-state index in [1.165, 1.54) is 12.1 Å². The summed E-state index contributed by atoms with van der Waals surface area (Å²) in [5.74, 6) is 0.296. The molecule has 0 radical (unpaired) electrons. The van der Waals surface area contributed by atoms with Gasteiger partial charge in [-0.3, -0.25) is 4.79 Å². The van der Waals surface area contributed by atoms with Crippen LogP contribution >= 0.6 is 0 Å². The molecule has 36 heavy (non-hydrogen) atoms. The molecule has 3 aromatic carbocycles. The van der Waals surface area contributed by atoms with Crippen LogP contribution in [0.15, 0.2) is 72.8 Å². The first-order valence-electron chi connectivity index (χ1n) is 12.3. The third-order valence-electron chi connectivity index (χ3n) is 6.12. The Balaban J connectivity index is 1.76. The number of rotatable bonds is 9. The number of aryl methyl sites for hydroxylation is 1. The minimum atomic E-state index is -0.331. The number of nitriles is 1. The van der Waals surface area contributed by atoms with Gasteiger partial charge in [0.1, 0.15) is 23.0 Å². The summed E-state index contributed by atoms with van der Waals surface area (Å²) in [6.45, 7) is 4.96. The molecule has 0 aliphatic heterocycles. The Kier molecular flexibility index (Phi) is 7.92. The van der Waals surface area contributed by atoms with E-state index in [4.69, 9.17) is 4.98 Å². The molecular weight excluding hydrogens is 451 g/mol. The molecule has 182 valence electrons. The Morgan fingerprint density at radius 2 is 1.69 bits per heavy atom. The number of benzene rings is 3. The van der Waals surface area contributed by atoms with Crippen molar-refractivity contribution < 1.29 is 9.18 Å². The second kappa shape index (κ2) is 11.5. The smallest absolute Gasteiger partial charge is 0.270 e. The number of amides is 1. The summed E-state index contributed by atoms with van der Waals surface area (Å²) in [6, 6.07) is 23.9. The SMILES string of the molecule is CCCCc1nc(-c2ccc(F)cc2)c(C(=O)NCC)n1Cc1ccc(-c2ccccc2C#N)cc1. The minimum Gasteiger partial charge on any atom is -0.351 e. The number of hydrogen-bond donors (Lipinski definition) is 1. The van der Waals surface area contributed by atoms with Gasteiger partial charge in [-0.25, -0.2) is 9.37 Å². The lowest BCUT2D eigenvalue weighted by Gasteiger charge is -2.13. The van der Waals surface area contributed by atoms with Crippen LogP contribution in [0.4, 0.5) is 4.39 Å². The van der Waals surface area contributed by atoms with Crippen LogP contribution in [0.2, 0.25) is 0 Å². The van der Waals surface area contributed by atoms with Crippen LogP contribution in [-0.2, 0) is 13.0 Å². The minimum absolute atomic E-state index is 0.202. The molecule has 1 amide bonds. The lowest BCUT2D eigenvalue weighted by atomic mass is 9.99. The maximum atomic E-state index is 13.6. The molecule has 6 heteroatoms. The normalized spacial score (nSPS) is 10.7. The molecule has 4 aromatic rings. The van der Waals surface area contributed by atoms with E-state index in [9.17, 15) is 14.4 Å². The van der Waals surface area contributed by atoms with E-state index in [2.05, 4.69) is 18.3 Å². The Bertz CT molecular complexity index is 1380. The van der Waals surface area contributed by atoms with Gasteiger partial charge in [0, 0.05) is 25.1 Å². The van der Waals surface area contributed by atoms with E-state index in [0.717, 1.165) is 41.8 Å². The standard InChI is InChI=1S/C30H29FN4O/c1-3-5-10-27-34-28(23-15-17-25(31)18-16-23)29(30(36)33-4-2)35(27)20-21-11-13-22(14-12-21)26-9-7-6-8-24(26)19-32/h6-9,11-18H,3-5,10,20H2,1-2H3,(H,33,36). The van der Waals surface area contributed by atoms with Crippen molar-refractivity contribution in [2.45, 2.75) is 39.7 Å². The van der Waals surface area contributed by atoms with Crippen molar-refractivity contribution >= 4 is 5.91 Å². The van der Waals surface area contributed by atoms with Gasteiger partial charge < -0.3 is 9.88 Å². The van der Waals surface area contributed by atoms with Crippen LogP contribution in [0.25, 0.3) is 22.4 Å². The van der Waals surface area contributed by atoms with Gasteiger partial charge in [0.25, 0.3) is 5.91 Å². The maximum absolute atomic E-state index is 13.6. The molecular formula is C30H29FN4O. The Hall–Kier alpha value is -4.24. The Morgan fingerprint density at radius 3 is 2.36 bits per heavy atom. The molecule has 0 saturated heterocycles. The number of aromatic nitrogens is 2. The highest BCUT2D eigenvalue weighted by Crippen LogP contribution is 2.28. The predicted octanol–water partition coefficient (Wildman–Crippen LogP) is 6.37. The molecule has 0 saturated carbocycles. The van der Waals surface area contributed by atoms with Gasteiger partial charge in [-0.05, 0) is 60.4 Å². The zero-order chi connectivity index (χ0) is 25.5. The van der Waals surface area contributed by atoms with Gasteiger partial charge in [-0.1, -0.05) is 55.8 Å². The number of imidazole rings is 1. The van der Waals surface area contributed by atoms with Gasteiger partial charge in [0.15, 0.2) is 0 Å². The summed E-state index contributed by atoms with van der Waals surface area (Å²) in [7, 11) is 0. The largest absolute Gasteiger partial charge is 0.351 e. The molecule has 4 rings (SSSR count). The molecule has 1 heterocycles. The van der Waals surface area contributed by atoms with Crippen molar-refractivity contribution in [3.05, 3.63) is 101 Å². The van der Waals surface area contributed by atoms with E-state index < -0.39 is 0 Å². The number of unbranched alkanes of at least 4 members (excludes halogenated alkanes) is 1. The fraction of sp³-hybridized carbons (Fsp3) is 0.233. The van der Waals surface area contributed by atoms with Crippen molar-refractivity contribution in [1.29, 1.82) is 5.26 Å². The molecule has 0 atom stereocenters. The van der Waals surface area contributed by atoms with Gasteiger partial charge in [-0.15, -0.1) is 0 Å². The second-order valence-corrected chi connectivity index (χ2v) is 8.64. The monoisotopic (exact) mass is 480 g/mol. The highest BCUT2D eigenvalue weighted by molar-refractivity contribution is 5.98. The van der Waals surface area contributed by atoms with Crippen molar-refractivity contribution in [2.24, 2.45) is 0 Å². The summed E-state index contributed by atoms with van der Waals surface area (Å²) in [4.78, 5) is 18.1. The van der Waals surface area contributed by atoms with Gasteiger partial charge >= 0.3 is 0 Å². The van der Waals surface area contributed by atoms with E-state index in [0.29, 0.717) is 35.6 Å². The molecule has 1 aromatic heterocycles. The fourth-order valence-electron chi connectivity index (χ4n) is 4.28. The van der Waals surface area contributed by atoms with E-state index in [1.54, 1.807) is 12.1 Å². The second-order valence-electron chi connectivity index (χ2n) is 8.64. The van der Waals surface area contributed by atoms with Gasteiger partial charge in [-0.2, -0.15) is 5.26 Å². The first kappa shape index (κ1) is 24.9. The molecule has 0 unspecified atom stereocenters. The average molecular weight is 481 g/mol. The van der Waals surface area contributed by atoms with Gasteiger partial charge in [0.05, 0.1) is 11.6 Å². The number of nitrogens with one attached hydrogen (secondary N) is 1. The van der Waals surface area contributed by atoms with Crippen LogP contribution in [0.1, 0.15) is 54.1 Å². The molecule has 0 bridgehead atoms. The van der Waals surface area contributed by atoms with E-state index >= 15 is 0 Å². The average Bonchev–Trinajstić information content (AvgIpc) is 3.26. The lowest BCUT2D eigenvalue weighted by Crippen LogP contribution is -2.27. The number of nitrogens with zero attached hydrogens (tertiary/aromatic N) is 3. The van der Waals surface area contributed by atoms with Crippen LogP contribution in [0, 0.1) is 17.1 Å². The lowest BCUT2D eigenvalue weighted by molar-refractivity contribution is 0.0947. The maximum Gasteiger partial charge on any atom is 0.270 e. The third-order valence-corrected chi connectivity index (χ3v) is 6.12. The highest BCUT2D eigenvalue weighted by Gasteiger charge is 2.24. The Labute approximate surface area is 211 Å². The van der Waals surface area contributed by atoms with E-state index in [-0.39, 0.29) is 11.7 Å². The Morgan fingerprint density at radius 1 is 1.00 bits per heavy atom. The zero-order valence-corrected chi connectivity index (χ0v) is 20.6. The number of halogens is 1. The summed E-state index contributed by atoms with van der Waals surface area (Å²) in [5, 5.41) is 12.4. The summed E-state index contributed by atoms with van der Waals surface area (Å²) >= 11 is 0. The van der Waals surface area contributed by atoms with Crippen LogP contribution in [0.3, 0.4) is 0 Å². The van der Waals surface area contributed by atoms with Gasteiger partial charge in [0.2, 0.25) is 0 Å². The van der Waals surface area contributed by atoms with Crippen molar-refractivity contribution in [3.63, 3.8) is 0 Å². The molecule has 0 spiro atoms. The molecule has 0 aliphatic rings. The summed E-state index contributed by atoms with van der Waals surface area (Å²) in [6.07, 6.45) is 2.68. The topological polar surface area (TPSA) is 70.7 Å². The molecule has 1 N–H and O–H groups in total. The number of carbonyl (C=O) groups excluding carboxylic acids is 1. The molecule has 5 nitrogen and oxygen atoms in total. The highest BCUT2D eigenvalue weighted by atomic mass is 19.1. The van der Waals surface area contributed by atoms with Crippen molar-refractivity contribution in [2.75, 3.05) is 6.54 Å². The predicted molar refractivity (Wildman–Crippen MR) is 140 cm³/mol. The first-order chi connectivity index (χ1) is 17.5. The van der Waals surface area contributed by atoms with E-state index in [1.807, 2.05) is 60.0 Å². The zero-order valence-electron chi connectivity index (χ0n) is 20.6. The van der Waals surface area contributed by atoms with Crippen molar-refractivity contribution in [1.82, 2.24) is 14.9 Å².